The van der Waals surface area contributed by atoms with Gasteiger partial charge >= 0.3 is 0 Å². The lowest BCUT2D eigenvalue weighted by atomic mass is 10.2. The van der Waals surface area contributed by atoms with Crippen LogP contribution in [0.4, 0.5) is 10.1 Å². The predicted molar refractivity (Wildman–Crippen MR) is 92.1 cm³/mol. The molecule has 1 aromatic heterocycles. The first-order valence-electron chi connectivity index (χ1n) is 7.56. The molecule has 3 aromatic rings. The Morgan fingerprint density at radius 2 is 1.88 bits per heavy atom. The summed E-state index contributed by atoms with van der Waals surface area (Å²) in [5.74, 6) is 0.979. The number of anilines is 1. The van der Waals surface area contributed by atoms with E-state index in [1.54, 1.807) is 34.9 Å². The number of nitrogens with two attached hydrogens (primary N) is 1. The van der Waals surface area contributed by atoms with E-state index >= 15 is 0 Å². The molecule has 0 fully saturated rings. The SMILES string of the molecule is COc1ccccc1Oc1c(N)cc(C#N)n1Cc1cccc(F)c1. The van der Waals surface area contributed by atoms with Gasteiger partial charge in [-0.25, -0.2) is 4.39 Å². The molecule has 0 aliphatic carbocycles. The van der Waals surface area contributed by atoms with Crippen LogP contribution in [0.5, 0.6) is 17.4 Å². The van der Waals surface area contributed by atoms with E-state index in [9.17, 15) is 9.65 Å². The number of benzene rings is 2. The molecule has 0 radical (unpaired) electrons. The van der Waals surface area contributed by atoms with Crippen molar-refractivity contribution >= 4 is 5.69 Å². The van der Waals surface area contributed by atoms with Gasteiger partial charge in [0, 0.05) is 6.07 Å². The van der Waals surface area contributed by atoms with Gasteiger partial charge in [0.25, 0.3) is 0 Å². The first-order chi connectivity index (χ1) is 12.1. The van der Waals surface area contributed by atoms with Crippen molar-refractivity contribution in [3.8, 4) is 23.4 Å². The van der Waals surface area contributed by atoms with Crippen LogP contribution >= 0.6 is 0 Å². The van der Waals surface area contributed by atoms with Gasteiger partial charge in [-0.3, -0.25) is 4.57 Å². The third kappa shape index (κ3) is 3.40. The molecular formula is C19H16FN3O2. The Labute approximate surface area is 144 Å². The van der Waals surface area contributed by atoms with Gasteiger partial charge in [-0.05, 0) is 29.8 Å². The van der Waals surface area contributed by atoms with E-state index in [4.69, 9.17) is 15.2 Å². The summed E-state index contributed by atoms with van der Waals surface area (Å²) in [6.07, 6.45) is 0. The van der Waals surface area contributed by atoms with Crippen LogP contribution < -0.4 is 15.2 Å². The summed E-state index contributed by atoms with van der Waals surface area (Å²) in [7, 11) is 1.54. The minimum absolute atomic E-state index is 0.252. The quantitative estimate of drug-likeness (QED) is 0.765. The number of nitriles is 1. The largest absolute Gasteiger partial charge is 0.493 e. The fourth-order valence-electron chi connectivity index (χ4n) is 2.54. The lowest BCUT2D eigenvalue weighted by molar-refractivity contribution is 0.368. The predicted octanol–water partition coefficient (Wildman–Crippen LogP) is 3.93. The normalized spacial score (nSPS) is 10.3. The molecule has 2 aromatic carbocycles. The van der Waals surface area contributed by atoms with Gasteiger partial charge in [0.05, 0.1) is 19.3 Å². The minimum atomic E-state index is -0.344. The number of rotatable bonds is 5. The van der Waals surface area contributed by atoms with E-state index in [2.05, 4.69) is 6.07 Å². The molecule has 0 unspecified atom stereocenters. The van der Waals surface area contributed by atoms with Crippen molar-refractivity contribution in [3.63, 3.8) is 0 Å². The van der Waals surface area contributed by atoms with E-state index in [1.807, 2.05) is 6.07 Å². The lowest BCUT2D eigenvalue weighted by Crippen LogP contribution is -2.05. The highest BCUT2D eigenvalue weighted by Crippen LogP contribution is 2.36. The third-order valence-electron chi connectivity index (χ3n) is 3.70. The molecule has 5 nitrogen and oxygen atoms in total. The molecule has 0 spiro atoms. The highest BCUT2D eigenvalue weighted by molar-refractivity contribution is 5.57. The maximum atomic E-state index is 13.5. The molecular weight excluding hydrogens is 321 g/mol. The maximum absolute atomic E-state index is 13.5. The van der Waals surface area contributed by atoms with Crippen LogP contribution in [0.3, 0.4) is 0 Å². The van der Waals surface area contributed by atoms with Crippen molar-refractivity contribution in [2.45, 2.75) is 6.54 Å². The Kier molecular flexibility index (Phi) is 4.57. The van der Waals surface area contributed by atoms with Crippen LogP contribution in [0.2, 0.25) is 0 Å². The summed E-state index contributed by atoms with van der Waals surface area (Å²) in [4.78, 5) is 0. The number of hydrogen-bond acceptors (Lipinski definition) is 4. The van der Waals surface area contributed by atoms with E-state index in [0.29, 0.717) is 34.3 Å². The van der Waals surface area contributed by atoms with Gasteiger partial charge in [0.15, 0.2) is 11.5 Å². The Balaban J connectivity index is 2.02. The van der Waals surface area contributed by atoms with Crippen molar-refractivity contribution in [2.75, 3.05) is 12.8 Å². The standard InChI is InChI=1S/C19H16FN3O2/c1-24-17-7-2-3-8-18(17)25-19-16(22)10-15(11-21)23(19)12-13-5-4-6-14(20)9-13/h2-10H,12,22H2,1H3. The zero-order valence-corrected chi connectivity index (χ0v) is 13.6. The molecule has 0 aliphatic heterocycles. The zero-order valence-electron chi connectivity index (χ0n) is 13.6. The smallest absolute Gasteiger partial charge is 0.224 e. The second kappa shape index (κ2) is 6.97. The highest BCUT2D eigenvalue weighted by Gasteiger charge is 2.17. The van der Waals surface area contributed by atoms with Crippen molar-refractivity contribution < 1.29 is 13.9 Å². The molecule has 0 bridgehead atoms. The van der Waals surface area contributed by atoms with Gasteiger partial charge in [0.1, 0.15) is 17.6 Å². The lowest BCUT2D eigenvalue weighted by Gasteiger charge is -2.14. The first kappa shape index (κ1) is 16.4. The topological polar surface area (TPSA) is 73.2 Å². The number of hydrogen-bond donors (Lipinski definition) is 1. The number of nitrogens with zero attached hydrogens (tertiary/aromatic N) is 2. The van der Waals surface area contributed by atoms with Crippen molar-refractivity contribution in [1.29, 1.82) is 5.26 Å². The van der Waals surface area contributed by atoms with Crippen molar-refractivity contribution in [1.82, 2.24) is 4.57 Å². The Hall–Kier alpha value is -3.46. The second-order valence-corrected chi connectivity index (χ2v) is 5.37. The molecule has 0 amide bonds. The molecule has 0 saturated carbocycles. The molecule has 0 atom stereocenters. The Morgan fingerprint density at radius 3 is 2.56 bits per heavy atom. The molecule has 0 saturated heterocycles. The van der Waals surface area contributed by atoms with Gasteiger partial charge in [-0.2, -0.15) is 5.26 Å². The minimum Gasteiger partial charge on any atom is -0.493 e. The molecule has 126 valence electrons. The van der Waals surface area contributed by atoms with Crippen LogP contribution in [0.25, 0.3) is 0 Å². The van der Waals surface area contributed by atoms with E-state index in [1.165, 1.54) is 25.3 Å². The molecule has 1 heterocycles. The molecule has 3 rings (SSSR count). The highest BCUT2D eigenvalue weighted by atomic mass is 19.1. The van der Waals surface area contributed by atoms with Crippen molar-refractivity contribution in [2.24, 2.45) is 0 Å². The average molecular weight is 337 g/mol. The van der Waals surface area contributed by atoms with E-state index in [0.717, 1.165) is 0 Å². The molecule has 2 N–H and O–H groups in total. The third-order valence-corrected chi connectivity index (χ3v) is 3.70. The zero-order chi connectivity index (χ0) is 17.8. The van der Waals surface area contributed by atoms with Gasteiger partial charge in [-0.1, -0.05) is 24.3 Å². The van der Waals surface area contributed by atoms with Crippen LogP contribution in [0, 0.1) is 17.1 Å². The van der Waals surface area contributed by atoms with E-state index < -0.39 is 0 Å². The van der Waals surface area contributed by atoms with Gasteiger partial charge in [0.2, 0.25) is 5.88 Å². The van der Waals surface area contributed by atoms with Gasteiger partial charge < -0.3 is 15.2 Å². The number of nitrogen functional groups attached to an aromatic ring is 1. The Morgan fingerprint density at radius 1 is 1.12 bits per heavy atom. The summed E-state index contributed by atoms with van der Waals surface area (Å²) in [5, 5.41) is 9.37. The monoisotopic (exact) mass is 337 g/mol. The van der Waals surface area contributed by atoms with Gasteiger partial charge in [-0.15, -0.1) is 0 Å². The summed E-state index contributed by atoms with van der Waals surface area (Å²) >= 11 is 0. The number of methoxy groups -OCH3 is 1. The summed E-state index contributed by atoms with van der Waals surface area (Å²) in [5.41, 5.74) is 7.36. The summed E-state index contributed by atoms with van der Waals surface area (Å²) in [6.45, 7) is 0.252. The maximum Gasteiger partial charge on any atom is 0.224 e. The fraction of sp³-hybridized carbons (Fsp3) is 0.105. The number of ether oxygens (including phenoxy) is 2. The second-order valence-electron chi connectivity index (χ2n) is 5.37. The number of para-hydroxylation sites is 2. The van der Waals surface area contributed by atoms with Crippen molar-refractivity contribution in [3.05, 3.63) is 71.7 Å². The first-order valence-corrected chi connectivity index (χ1v) is 7.56. The summed E-state index contributed by atoms with van der Waals surface area (Å²) < 4.78 is 26.3. The van der Waals surface area contributed by atoms with Crippen LogP contribution in [-0.4, -0.2) is 11.7 Å². The average Bonchev–Trinajstić information content (AvgIpc) is 2.91. The number of halogens is 1. The fourth-order valence-corrected chi connectivity index (χ4v) is 2.54. The molecule has 25 heavy (non-hydrogen) atoms. The van der Waals surface area contributed by atoms with Crippen LogP contribution in [0.1, 0.15) is 11.3 Å². The molecule has 0 aliphatic rings. The molecule has 6 heteroatoms. The van der Waals surface area contributed by atoms with E-state index in [-0.39, 0.29) is 12.4 Å². The number of aromatic nitrogens is 1. The summed E-state index contributed by atoms with van der Waals surface area (Å²) in [6, 6.07) is 16.9. The van der Waals surface area contributed by atoms with Crippen LogP contribution in [-0.2, 0) is 6.54 Å². The Bertz CT molecular complexity index is 944. The van der Waals surface area contributed by atoms with Crippen LogP contribution in [0.15, 0.2) is 54.6 Å².